The smallest absolute Gasteiger partial charge is 0.238 e. The van der Waals surface area contributed by atoms with Crippen LogP contribution in [0.2, 0.25) is 0 Å². The molecule has 1 aromatic heterocycles. The lowest BCUT2D eigenvalue weighted by atomic mass is 9.89. The Morgan fingerprint density at radius 2 is 1.86 bits per heavy atom. The molecule has 4 heterocycles. The number of rotatable bonds is 3. The number of ether oxygens (including phenoxy) is 1. The molecule has 1 aromatic rings. The predicted molar refractivity (Wildman–Crippen MR) is 108 cm³/mol. The number of carbonyl (C=O) groups excluding carboxylic acids is 1. The molecule has 6 nitrogen and oxygen atoms in total. The molecule has 4 fully saturated rings. The molecule has 3 saturated heterocycles. The number of pyridine rings is 1. The first-order valence-corrected chi connectivity index (χ1v) is 11.1. The Morgan fingerprint density at radius 3 is 2.61 bits per heavy atom. The van der Waals surface area contributed by atoms with Crippen molar-refractivity contribution in [2.75, 3.05) is 44.2 Å². The van der Waals surface area contributed by atoms with Gasteiger partial charge in [-0.05, 0) is 43.7 Å². The van der Waals surface area contributed by atoms with Gasteiger partial charge in [0.25, 0.3) is 0 Å². The van der Waals surface area contributed by atoms with Crippen molar-refractivity contribution in [3.05, 3.63) is 24.5 Å². The van der Waals surface area contributed by atoms with Crippen molar-refractivity contribution in [2.24, 2.45) is 5.92 Å². The van der Waals surface area contributed by atoms with Gasteiger partial charge in [-0.3, -0.25) is 14.7 Å². The topological polar surface area (TPSA) is 48.9 Å². The Bertz CT molecular complexity index is 683. The van der Waals surface area contributed by atoms with E-state index < -0.39 is 0 Å². The molecule has 1 saturated carbocycles. The maximum atomic E-state index is 12.8. The third kappa shape index (κ3) is 3.64. The van der Waals surface area contributed by atoms with Gasteiger partial charge in [0.15, 0.2) is 0 Å². The lowest BCUT2D eigenvalue weighted by Gasteiger charge is -2.39. The molecule has 1 spiro atoms. The molecule has 1 amide bonds. The first-order valence-electron chi connectivity index (χ1n) is 11.1. The van der Waals surface area contributed by atoms with Crippen LogP contribution in [0.25, 0.3) is 0 Å². The summed E-state index contributed by atoms with van der Waals surface area (Å²) >= 11 is 0. The zero-order valence-electron chi connectivity index (χ0n) is 16.8. The Kier molecular flexibility index (Phi) is 5.01. The van der Waals surface area contributed by atoms with E-state index in [1.807, 2.05) is 17.3 Å². The van der Waals surface area contributed by atoms with E-state index in [0.29, 0.717) is 6.54 Å². The number of piperazine rings is 1. The largest absolute Gasteiger partial charge is 0.371 e. The summed E-state index contributed by atoms with van der Waals surface area (Å²) in [6.45, 7) is 5.27. The quantitative estimate of drug-likeness (QED) is 0.801. The maximum absolute atomic E-state index is 12.8. The summed E-state index contributed by atoms with van der Waals surface area (Å²) < 4.78 is 6.59. The number of fused-ring (bicyclic) bond motifs is 1. The average Bonchev–Trinajstić information content (AvgIpc) is 3.08. The third-order valence-corrected chi connectivity index (χ3v) is 7.23. The van der Waals surface area contributed by atoms with Gasteiger partial charge in [0.2, 0.25) is 5.91 Å². The summed E-state index contributed by atoms with van der Waals surface area (Å²) in [5, 5.41) is 0. The highest BCUT2D eigenvalue weighted by Gasteiger charge is 2.50. The lowest BCUT2D eigenvalue weighted by Crippen LogP contribution is -2.55. The molecule has 3 aliphatic heterocycles. The number of hydrogen-bond acceptors (Lipinski definition) is 5. The van der Waals surface area contributed by atoms with Crippen molar-refractivity contribution in [3.8, 4) is 0 Å². The molecule has 1 unspecified atom stereocenters. The number of carbonyl (C=O) groups is 1. The second-order valence-corrected chi connectivity index (χ2v) is 9.17. The SMILES string of the molecule is O=C1CN(CC2CCCCC2)CC2OC3(CCN(c4ccncc4)CC3)CN12. The van der Waals surface area contributed by atoms with Gasteiger partial charge in [-0.1, -0.05) is 19.3 Å². The molecule has 6 heteroatoms. The molecule has 4 aliphatic rings. The number of hydrogen-bond donors (Lipinski definition) is 0. The molecule has 0 bridgehead atoms. The minimum atomic E-state index is -0.148. The second-order valence-electron chi connectivity index (χ2n) is 9.17. The van der Waals surface area contributed by atoms with Crippen LogP contribution in [-0.4, -0.2) is 71.8 Å². The normalized spacial score (nSPS) is 28.7. The minimum Gasteiger partial charge on any atom is -0.371 e. The first-order chi connectivity index (χ1) is 13.7. The van der Waals surface area contributed by atoms with Gasteiger partial charge < -0.3 is 14.5 Å². The molecular formula is C22H32N4O2. The second kappa shape index (κ2) is 7.64. The van der Waals surface area contributed by atoms with Crippen LogP contribution in [-0.2, 0) is 9.53 Å². The van der Waals surface area contributed by atoms with Gasteiger partial charge in [-0.25, -0.2) is 0 Å². The van der Waals surface area contributed by atoms with Gasteiger partial charge in [0, 0.05) is 44.3 Å². The Morgan fingerprint density at radius 1 is 1.11 bits per heavy atom. The highest BCUT2D eigenvalue weighted by Crippen LogP contribution is 2.38. The van der Waals surface area contributed by atoms with Crippen molar-refractivity contribution >= 4 is 11.6 Å². The van der Waals surface area contributed by atoms with Crippen LogP contribution >= 0.6 is 0 Å². The molecule has 28 heavy (non-hydrogen) atoms. The maximum Gasteiger partial charge on any atom is 0.238 e. The number of piperidine rings is 1. The molecule has 0 radical (unpaired) electrons. The fourth-order valence-electron chi connectivity index (χ4n) is 5.63. The van der Waals surface area contributed by atoms with Crippen LogP contribution in [0.5, 0.6) is 0 Å². The van der Waals surface area contributed by atoms with Crippen LogP contribution < -0.4 is 4.90 Å². The van der Waals surface area contributed by atoms with E-state index in [9.17, 15) is 4.79 Å². The third-order valence-electron chi connectivity index (χ3n) is 7.23. The molecule has 1 aliphatic carbocycles. The van der Waals surface area contributed by atoms with E-state index in [1.165, 1.54) is 37.8 Å². The fourth-order valence-corrected chi connectivity index (χ4v) is 5.63. The van der Waals surface area contributed by atoms with Gasteiger partial charge in [-0.15, -0.1) is 0 Å². The first kappa shape index (κ1) is 18.4. The summed E-state index contributed by atoms with van der Waals surface area (Å²) in [5.41, 5.74) is 1.08. The summed E-state index contributed by atoms with van der Waals surface area (Å²) in [4.78, 5) is 23.7. The lowest BCUT2D eigenvalue weighted by molar-refractivity contribution is -0.149. The van der Waals surface area contributed by atoms with Gasteiger partial charge in [0.1, 0.15) is 6.23 Å². The van der Waals surface area contributed by atoms with Crippen molar-refractivity contribution in [3.63, 3.8) is 0 Å². The van der Waals surface area contributed by atoms with Gasteiger partial charge in [0.05, 0.1) is 18.7 Å². The highest BCUT2D eigenvalue weighted by molar-refractivity contribution is 5.79. The molecule has 152 valence electrons. The van der Waals surface area contributed by atoms with Crippen molar-refractivity contribution in [2.45, 2.75) is 56.8 Å². The summed E-state index contributed by atoms with van der Waals surface area (Å²) in [5.74, 6) is 1.03. The summed E-state index contributed by atoms with van der Waals surface area (Å²) in [7, 11) is 0. The summed E-state index contributed by atoms with van der Waals surface area (Å²) in [6.07, 6.45) is 12.4. The van der Waals surface area contributed by atoms with Gasteiger partial charge in [-0.2, -0.15) is 0 Å². The van der Waals surface area contributed by atoms with Gasteiger partial charge >= 0.3 is 0 Å². The zero-order valence-corrected chi connectivity index (χ0v) is 16.8. The van der Waals surface area contributed by atoms with Crippen LogP contribution in [0.4, 0.5) is 5.69 Å². The Hall–Kier alpha value is -1.66. The number of nitrogens with zero attached hydrogens (tertiary/aromatic N) is 4. The molecule has 0 N–H and O–H groups in total. The van der Waals surface area contributed by atoms with E-state index in [-0.39, 0.29) is 17.7 Å². The van der Waals surface area contributed by atoms with E-state index >= 15 is 0 Å². The number of anilines is 1. The molecule has 1 atom stereocenters. The standard InChI is InChI=1S/C22H32N4O2/c27-20-15-24(14-18-4-2-1-3-5-18)16-21-26(20)17-22(28-21)8-12-25(13-9-22)19-6-10-23-11-7-19/h6-7,10-11,18,21H,1-5,8-9,12-17H2. The molecular weight excluding hydrogens is 352 g/mol. The fraction of sp³-hybridized carbons (Fsp3) is 0.727. The van der Waals surface area contributed by atoms with E-state index in [0.717, 1.165) is 51.5 Å². The van der Waals surface area contributed by atoms with Crippen molar-refractivity contribution < 1.29 is 9.53 Å². The van der Waals surface area contributed by atoms with Crippen molar-refractivity contribution in [1.82, 2.24) is 14.8 Å². The minimum absolute atomic E-state index is 0.0442. The van der Waals surface area contributed by atoms with Crippen molar-refractivity contribution in [1.29, 1.82) is 0 Å². The zero-order chi connectivity index (χ0) is 19.0. The van der Waals surface area contributed by atoms with Crippen LogP contribution in [0.3, 0.4) is 0 Å². The number of amides is 1. The van der Waals surface area contributed by atoms with E-state index in [4.69, 9.17) is 4.74 Å². The highest BCUT2D eigenvalue weighted by atomic mass is 16.5. The average molecular weight is 385 g/mol. The van der Waals surface area contributed by atoms with Crippen LogP contribution in [0, 0.1) is 5.92 Å². The van der Waals surface area contributed by atoms with Crippen LogP contribution in [0.15, 0.2) is 24.5 Å². The number of aromatic nitrogens is 1. The van der Waals surface area contributed by atoms with E-state index in [1.54, 1.807) is 0 Å². The van der Waals surface area contributed by atoms with E-state index in [2.05, 4.69) is 26.9 Å². The summed E-state index contributed by atoms with van der Waals surface area (Å²) in [6, 6.07) is 4.15. The Labute approximate surface area is 167 Å². The molecule has 5 rings (SSSR count). The monoisotopic (exact) mass is 384 g/mol. The molecule has 0 aromatic carbocycles. The predicted octanol–water partition coefficient (Wildman–Crippen LogP) is 2.50. The van der Waals surface area contributed by atoms with Crippen LogP contribution in [0.1, 0.15) is 44.9 Å². The Balaban J connectivity index is 1.20.